The molecule has 9 rings (SSSR count). The van der Waals surface area contributed by atoms with E-state index < -0.39 is 29.5 Å². The summed E-state index contributed by atoms with van der Waals surface area (Å²) < 4.78 is 78.0. The van der Waals surface area contributed by atoms with E-state index in [-0.39, 0.29) is 17.5 Å². The summed E-state index contributed by atoms with van der Waals surface area (Å²) in [7, 11) is -9.61. The van der Waals surface area contributed by atoms with Crippen LogP contribution in [0.15, 0.2) is 191 Å². The Morgan fingerprint density at radius 3 is 1.42 bits per heavy atom. The number of carbonyl (C=O) groups is 1. The second-order valence-electron chi connectivity index (χ2n) is 15.6. The highest BCUT2D eigenvalue weighted by Gasteiger charge is 2.27. The Hall–Kier alpha value is -7.20. The van der Waals surface area contributed by atoms with Gasteiger partial charge in [-0.3, -0.25) is 0 Å². The molecule has 0 N–H and O–H groups in total. The van der Waals surface area contributed by atoms with Crippen molar-refractivity contribution in [3.63, 3.8) is 0 Å². The zero-order valence-electron chi connectivity index (χ0n) is 36.7. The van der Waals surface area contributed by atoms with Gasteiger partial charge in [-0.05, 0) is 97.8 Å². The van der Waals surface area contributed by atoms with Crippen molar-refractivity contribution in [3.8, 4) is 33.9 Å². The van der Waals surface area contributed by atoms with Crippen molar-refractivity contribution in [2.24, 2.45) is 0 Å². The number of aromatic nitrogens is 4. The SMILES string of the molecule is CS(=O)(=O)c1ccc(C2=C(c3ccccc3)C(=O)OC2)cc1.Cc1cc(-c2ccccc2)n(-c2ccc(S(C)(=O)=O)cc2)n1.Cc1ccc(-c2ccnn2-c2ccc(S(C)(=O)=O)cc2)cc1. The summed E-state index contributed by atoms with van der Waals surface area (Å²) in [5.74, 6) is -0.353. The maximum atomic E-state index is 12.0. The number of nitrogens with zero attached hydrogens (tertiary/aromatic N) is 4. The Labute approximate surface area is 385 Å². The number of esters is 1. The van der Waals surface area contributed by atoms with Crippen molar-refractivity contribution in [1.29, 1.82) is 0 Å². The summed E-state index contributed by atoms with van der Waals surface area (Å²) in [4.78, 5) is 12.9. The van der Waals surface area contributed by atoms with Crippen LogP contribution in [0.2, 0.25) is 0 Å². The summed E-state index contributed by atoms with van der Waals surface area (Å²) in [5, 5.41) is 8.86. The standard InChI is InChI=1S/2C17H16N2O2S.C17H14O4S/c1-13-3-5-14(6-4-13)17-11-12-18-19(17)15-7-9-16(10-8-15)22(2,20)21;1-13-12-17(14-6-4-3-5-7-14)19(18-13)15-8-10-16(11-9-15)22(2,20)21;1-22(19,20)14-9-7-12(8-10-14)15-11-21-17(18)16(15)13-5-3-2-4-6-13/h2*3-12H,1-2H3;2-10H,11H2,1H3. The predicted molar refractivity (Wildman–Crippen MR) is 257 cm³/mol. The van der Waals surface area contributed by atoms with E-state index in [1.54, 1.807) is 83.7 Å². The lowest BCUT2D eigenvalue weighted by Gasteiger charge is -2.08. The van der Waals surface area contributed by atoms with Gasteiger partial charge in [0.25, 0.3) is 0 Å². The lowest BCUT2D eigenvalue weighted by molar-refractivity contribution is -0.133. The van der Waals surface area contributed by atoms with Crippen LogP contribution < -0.4 is 0 Å². The third-order valence-corrected chi connectivity index (χ3v) is 13.8. The number of benzene rings is 6. The first kappa shape index (κ1) is 46.8. The Morgan fingerprint density at radius 2 is 0.924 bits per heavy atom. The zero-order valence-corrected chi connectivity index (χ0v) is 39.2. The quantitative estimate of drug-likeness (QED) is 0.128. The molecular formula is C51H46N4O8S3. The first-order valence-electron chi connectivity index (χ1n) is 20.5. The number of ether oxygens (including phenoxy) is 1. The van der Waals surface area contributed by atoms with Gasteiger partial charge in [-0.25, -0.2) is 39.4 Å². The van der Waals surface area contributed by atoms with Gasteiger partial charge in [0.1, 0.15) is 6.61 Å². The van der Waals surface area contributed by atoms with E-state index in [9.17, 15) is 30.0 Å². The molecule has 15 heteroatoms. The fraction of sp³-hybridized carbons (Fsp3) is 0.118. The van der Waals surface area contributed by atoms with E-state index in [0.29, 0.717) is 15.4 Å². The number of sulfone groups is 3. The molecule has 66 heavy (non-hydrogen) atoms. The molecule has 1 aliphatic heterocycles. The minimum absolute atomic E-state index is 0.196. The number of hydrogen-bond acceptors (Lipinski definition) is 10. The average molecular weight is 939 g/mol. The summed E-state index contributed by atoms with van der Waals surface area (Å²) in [6.07, 6.45) is 5.31. The van der Waals surface area contributed by atoms with Crippen molar-refractivity contribution >= 4 is 46.6 Å². The monoisotopic (exact) mass is 938 g/mol. The molecule has 0 unspecified atom stereocenters. The van der Waals surface area contributed by atoms with Crippen molar-refractivity contribution in [1.82, 2.24) is 19.6 Å². The van der Waals surface area contributed by atoms with Gasteiger partial charge in [0.05, 0.1) is 54.9 Å². The largest absolute Gasteiger partial charge is 0.457 e. The molecule has 0 amide bonds. The third-order valence-electron chi connectivity index (χ3n) is 10.5. The van der Waals surface area contributed by atoms with E-state index in [1.807, 2.05) is 103 Å². The minimum atomic E-state index is -3.23. The summed E-state index contributed by atoms with van der Waals surface area (Å²) in [6.45, 7) is 4.18. The lowest BCUT2D eigenvalue weighted by Crippen LogP contribution is -2.01. The van der Waals surface area contributed by atoms with Gasteiger partial charge in [-0.2, -0.15) is 10.2 Å². The molecule has 0 atom stereocenters. The Morgan fingerprint density at radius 1 is 0.485 bits per heavy atom. The van der Waals surface area contributed by atoms with Crippen LogP contribution in [-0.2, 0) is 39.0 Å². The number of rotatable bonds is 9. The van der Waals surface area contributed by atoms with E-state index >= 15 is 0 Å². The van der Waals surface area contributed by atoms with E-state index in [1.165, 1.54) is 24.3 Å². The summed E-state index contributed by atoms with van der Waals surface area (Å²) in [6, 6.07) is 51.4. The average Bonchev–Trinajstić information content (AvgIpc) is 4.06. The number of cyclic esters (lactones) is 1. The number of aryl methyl sites for hydroxylation is 2. The molecular weight excluding hydrogens is 893 g/mol. The van der Waals surface area contributed by atoms with Crippen LogP contribution >= 0.6 is 0 Å². The maximum Gasteiger partial charge on any atom is 0.339 e. The molecule has 1 aliphatic rings. The van der Waals surface area contributed by atoms with Crippen LogP contribution in [0, 0.1) is 13.8 Å². The number of carbonyl (C=O) groups excluding carboxylic acids is 1. The molecule has 0 saturated heterocycles. The topological polar surface area (TPSA) is 164 Å². The highest BCUT2D eigenvalue weighted by molar-refractivity contribution is 7.91. The Bertz CT molecular complexity index is 3370. The molecule has 0 bridgehead atoms. The van der Waals surface area contributed by atoms with Crippen LogP contribution in [0.4, 0.5) is 0 Å². The van der Waals surface area contributed by atoms with Crippen molar-refractivity contribution in [3.05, 3.63) is 198 Å². The molecule has 0 saturated carbocycles. The van der Waals surface area contributed by atoms with Gasteiger partial charge in [0.2, 0.25) is 0 Å². The molecule has 3 heterocycles. The molecule has 0 fully saturated rings. The molecule has 0 aliphatic carbocycles. The van der Waals surface area contributed by atoms with Gasteiger partial charge in [-0.15, -0.1) is 0 Å². The van der Waals surface area contributed by atoms with Crippen LogP contribution in [-0.4, -0.2) is 76.2 Å². The van der Waals surface area contributed by atoms with Gasteiger partial charge in [0.15, 0.2) is 29.5 Å². The van der Waals surface area contributed by atoms with Gasteiger partial charge >= 0.3 is 5.97 Å². The number of hydrogen-bond donors (Lipinski definition) is 0. The normalized spacial score (nSPS) is 12.7. The predicted octanol–water partition coefficient (Wildman–Crippen LogP) is 9.06. The minimum Gasteiger partial charge on any atom is -0.457 e. The molecule has 2 aromatic heterocycles. The van der Waals surface area contributed by atoms with Crippen LogP contribution in [0.25, 0.3) is 45.0 Å². The molecule has 0 spiro atoms. The Balaban J connectivity index is 0.000000147. The van der Waals surface area contributed by atoms with E-state index in [4.69, 9.17) is 4.74 Å². The molecule has 12 nitrogen and oxygen atoms in total. The molecule has 8 aromatic rings. The van der Waals surface area contributed by atoms with Gasteiger partial charge in [-0.1, -0.05) is 103 Å². The highest BCUT2D eigenvalue weighted by atomic mass is 32.2. The zero-order chi connectivity index (χ0) is 47.2. The maximum absolute atomic E-state index is 12.0. The van der Waals surface area contributed by atoms with Crippen molar-refractivity contribution in [2.45, 2.75) is 28.5 Å². The van der Waals surface area contributed by atoms with Crippen molar-refractivity contribution in [2.75, 3.05) is 25.4 Å². The molecule has 6 aromatic carbocycles. The van der Waals surface area contributed by atoms with Crippen molar-refractivity contribution < 1.29 is 34.8 Å². The second-order valence-corrected chi connectivity index (χ2v) is 21.6. The third kappa shape index (κ3) is 11.2. The summed E-state index contributed by atoms with van der Waals surface area (Å²) in [5.41, 5.74) is 10.7. The molecule has 0 radical (unpaired) electrons. The van der Waals surface area contributed by atoms with E-state index in [0.717, 1.165) is 56.3 Å². The first-order valence-corrected chi connectivity index (χ1v) is 26.1. The molecule has 336 valence electrons. The fourth-order valence-electron chi connectivity index (χ4n) is 7.07. The smallest absolute Gasteiger partial charge is 0.339 e. The summed E-state index contributed by atoms with van der Waals surface area (Å²) >= 11 is 0. The van der Waals surface area contributed by atoms with E-state index in [2.05, 4.69) is 22.3 Å². The van der Waals surface area contributed by atoms with Gasteiger partial charge < -0.3 is 4.74 Å². The Kier molecular flexibility index (Phi) is 13.8. The highest BCUT2D eigenvalue weighted by Crippen LogP contribution is 2.33. The van der Waals surface area contributed by atoms with Crippen LogP contribution in [0.1, 0.15) is 22.4 Å². The fourth-order valence-corrected chi connectivity index (χ4v) is 8.96. The second kappa shape index (κ2) is 19.5. The first-order chi connectivity index (χ1) is 31.4. The van der Waals surface area contributed by atoms with Gasteiger partial charge in [0, 0.05) is 35.5 Å². The lowest BCUT2D eigenvalue weighted by atomic mass is 9.97. The van der Waals surface area contributed by atoms with Crippen LogP contribution in [0.5, 0.6) is 0 Å². The van der Waals surface area contributed by atoms with Crippen LogP contribution in [0.3, 0.4) is 0 Å².